The second kappa shape index (κ2) is 8.19. The van der Waals surface area contributed by atoms with Gasteiger partial charge in [0.05, 0.1) is 14.2 Å². The number of carbonyl (C=O) groups excluding carboxylic acids is 1. The van der Waals surface area contributed by atoms with E-state index in [1.54, 1.807) is 12.1 Å². The van der Waals surface area contributed by atoms with Crippen LogP contribution in [0.25, 0.3) is 21.5 Å². The maximum absolute atomic E-state index is 13.8. The van der Waals surface area contributed by atoms with E-state index in [1.807, 2.05) is 55.4 Å². The van der Waals surface area contributed by atoms with E-state index < -0.39 is 0 Å². The second-order valence-electron chi connectivity index (χ2n) is 7.59. The van der Waals surface area contributed by atoms with Crippen LogP contribution in [0.4, 0.5) is 5.69 Å². The van der Waals surface area contributed by atoms with Gasteiger partial charge in [-0.2, -0.15) is 0 Å². The Labute approximate surface area is 185 Å². The fourth-order valence-electron chi connectivity index (χ4n) is 3.96. The van der Waals surface area contributed by atoms with Gasteiger partial charge in [-0.25, -0.2) is 0 Å². The molecule has 3 N–H and O–H groups in total. The van der Waals surface area contributed by atoms with Crippen molar-refractivity contribution in [2.24, 2.45) is 5.73 Å². The van der Waals surface area contributed by atoms with Crippen molar-refractivity contribution < 1.29 is 14.3 Å². The van der Waals surface area contributed by atoms with Crippen LogP contribution in [-0.4, -0.2) is 44.9 Å². The lowest BCUT2D eigenvalue weighted by Crippen LogP contribution is -2.15. The number of nitrogens with two attached hydrogens (primary N) is 1. The van der Waals surface area contributed by atoms with Crippen molar-refractivity contribution in [1.82, 2.24) is 4.98 Å². The molecular formula is C25H24N4O3. The number of hydrogen-bond donors (Lipinski definition) is 2. The molecule has 0 fully saturated rings. The molecule has 7 heteroatoms. The summed E-state index contributed by atoms with van der Waals surface area (Å²) in [4.78, 5) is 20.2. The van der Waals surface area contributed by atoms with Crippen LogP contribution in [0.1, 0.15) is 21.6 Å². The van der Waals surface area contributed by atoms with Gasteiger partial charge in [-0.05, 0) is 29.7 Å². The summed E-state index contributed by atoms with van der Waals surface area (Å²) in [6.45, 7) is 0. The number of anilines is 1. The van der Waals surface area contributed by atoms with Crippen LogP contribution in [0.2, 0.25) is 0 Å². The number of carbonyl (C=O) groups is 1. The number of nitrogens with one attached hydrogen (secondary N) is 1. The molecule has 0 amide bonds. The number of aromatic nitrogens is 1. The van der Waals surface area contributed by atoms with Gasteiger partial charge in [0, 0.05) is 53.3 Å². The number of amidine groups is 1. The predicted octanol–water partition coefficient (Wildman–Crippen LogP) is 3.99. The quantitative estimate of drug-likeness (QED) is 0.274. The zero-order valence-electron chi connectivity index (χ0n) is 18.4. The summed E-state index contributed by atoms with van der Waals surface area (Å²) in [5.41, 5.74) is 8.03. The first-order valence-corrected chi connectivity index (χ1v) is 10.00. The molecule has 0 unspecified atom stereocenters. The molecule has 0 bridgehead atoms. The first kappa shape index (κ1) is 21.1. The Hall–Kier alpha value is -4.13. The van der Waals surface area contributed by atoms with Gasteiger partial charge in [0.2, 0.25) is 5.78 Å². The normalized spacial score (nSPS) is 10.9. The Morgan fingerprint density at radius 2 is 1.53 bits per heavy atom. The third kappa shape index (κ3) is 3.37. The molecule has 0 saturated carbocycles. The minimum atomic E-state index is -0.223. The van der Waals surface area contributed by atoms with E-state index in [1.165, 1.54) is 20.4 Å². The molecule has 0 atom stereocenters. The molecule has 0 spiro atoms. The predicted molar refractivity (Wildman–Crippen MR) is 128 cm³/mol. The maximum Gasteiger partial charge on any atom is 0.212 e. The van der Waals surface area contributed by atoms with Crippen LogP contribution in [0.3, 0.4) is 0 Å². The van der Waals surface area contributed by atoms with Crippen molar-refractivity contribution >= 4 is 38.9 Å². The van der Waals surface area contributed by atoms with Gasteiger partial charge in [-0.1, -0.05) is 24.3 Å². The molecule has 3 aromatic carbocycles. The summed E-state index contributed by atoms with van der Waals surface area (Å²) in [6, 6.07) is 15.0. The number of nitrogen functional groups attached to an aromatic ring is 1. The van der Waals surface area contributed by atoms with Crippen LogP contribution in [-0.2, 0) is 0 Å². The molecule has 0 aliphatic carbocycles. The maximum atomic E-state index is 13.8. The summed E-state index contributed by atoms with van der Waals surface area (Å²) >= 11 is 0. The number of nitrogens with zero attached hydrogens (tertiary/aromatic N) is 2. The Balaban J connectivity index is 2.00. The minimum Gasteiger partial charge on any atom is -0.493 e. The molecule has 162 valence electrons. The minimum absolute atomic E-state index is 0.144. The van der Waals surface area contributed by atoms with E-state index in [2.05, 4.69) is 4.98 Å². The molecule has 1 heterocycles. The summed E-state index contributed by atoms with van der Waals surface area (Å²) in [6.07, 6.45) is 1.46. The lowest BCUT2D eigenvalue weighted by molar-refractivity contribution is 0.103. The highest BCUT2D eigenvalue weighted by molar-refractivity contribution is 6.23. The number of pyridine rings is 1. The van der Waals surface area contributed by atoms with E-state index >= 15 is 0 Å². The van der Waals surface area contributed by atoms with Gasteiger partial charge in [0.15, 0.2) is 11.5 Å². The number of benzene rings is 3. The number of fused-ring (bicyclic) bond motifs is 2. The molecule has 1 aromatic heterocycles. The molecule has 4 rings (SSSR count). The topological polar surface area (TPSA) is 102 Å². The molecule has 7 nitrogen and oxygen atoms in total. The highest BCUT2D eigenvalue weighted by Gasteiger charge is 2.22. The monoisotopic (exact) mass is 428 g/mol. The molecule has 0 aliphatic rings. The molecule has 4 aromatic rings. The highest BCUT2D eigenvalue weighted by Crippen LogP contribution is 2.36. The number of ketones is 1. The van der Waals surface area contributed by atoms with Gasteiger partial charge in [-0.15, -0.1) is 0 Å². The Bertz CT molecular complexity index is 1380. The van der Waals surface area contributed by atoms with Gasteiger partial charge < -0.3 is 20.1 Å². The van der Waals surface area contributed by atoms with E-state index in [4.69, 9.17) is 20.6 Å². The average Bonchev–Trinajstić information content (AvgIpc) is 2.80. The third-order valence-electron chi connectivity index (χ3n) is 5.52. The number of hydrogen-bond acceptors (Lipinski definition) is 6. The first-order chi connectivity index (χ1) is 15.4. The van der Waals surface area contributed by atoms with Gasteiger partial charge in [-0.3, -0.25) is 15.2 Å². The van der Waals surface area contributed by atoms with Gasteiger partial charge in [0.25, 0.3) is 0 Å². The number of rotatable bonds is 6. The Kier molecular flexibility index (Phi) is 5.40. The van der Waals surface area contributed by atoms with Crippen LogP contribution in [0, 0.1) is 5.41 Å². The smallest absolute Gasteiger partial charge is 0.212 e. The lowest BCUT2D eigenvalue weighted by atomic mass is 9.94. The van der Waals surface area contributed by atoms with Gasteiger partial charge in [0.1, 0.15) is 11.5 Å². The molecule has 0 aliphatic heterocycles. The number of ether oxygens (including phenoxy) is 2. The fourth-order valence-corrected chi connectivity index (χ4v) is 3.96. The lowest BCUT2D eigenvalue weighted by Gasteiger charge is -2.18. The van der Waals surface area contributed by atoms with E-state index in [-0.39, 0.29) is 17.3 Å². The van der Waals surface area contributed by atoms with Crippen LogP contribution < -0.4 is 20.1 Å². The van der Waals surface area contributed by atoms with Crippen molar-refractivity contribution in [2.75, 3.05) is 33.2 Å². The van der Waals surface area contributed by atoms with E-state index in [9.17, 15) is 4.79 Å². The largest absolute Gasteiger partial charge is 0.493 e. The van der Waals surface area contributed by atoms with Gasteiger partial charge >= 0.3 is 0 Å². The molecule has 0 radical (unpaired) electrons. The van der Waals surface area contributed by atoms with Crippen molar-refractivity contribution in [1.29, 1.82) is 5.41 Å². The first-order valence-electron chi connectivity index (χ1n) is 10.00. The van der Waals surface area contributed by atoms with E-state index in [0.717, 1.165) is 16.5 Å². The molecule has 0 saturated heterocycles. The van der Waals surface area contributed by atoms with Crippen LogP contribution >= 0.6 is 0 Å². The standard InChI is InChI=1S/C25H24N4O3/c1-29(2)20-10-9-16(14-7-5-6-8-15(14)20)24(30)23-18-12-22(32-4)21(31-3)11-17(18)19(13-28-23)25(26)27/h5-13H,1-4H3,(H3,26,27). The zero-order chi connectivity index (χ0) is 23.0. The average molecular weight is 428 g/mol. The summed E-state index contributed by atoms with van der Waals surface area (Å²) < 4.78 is 10.9. The summed E-state index contributed by atoms with van der Waals surface area (Å²) in [5, 5.41) is 10.9. The third-order valence-corrected chi connectivity index (χ3v) is 5.52. The molecule has 32 heavy (non-hydrogen) atoms. The second-order valence-corrected chi connectivity index (χ2v) is 7.59. The van der Waals surface area contributed by atoms with E-state index in [0.29, 0.717) is 33.4 Å². The van der Waals surface area contributed by atoms with Crippen molar-refractivity contribution in [2.45, 2.75) is 0 Å². The fraction of sp³-hybridized carbons (Fsp3) is 0.160. The van der Waals surface area contributed by atoms with Crippen molar-refractivity contribution in [3.05, 3.63) is 71.5 Å². The summed E-state index contributed by atoms with van der Waals surface area (Å²) in [7, 11) is 7.00. The SMILES string of the molecule is COc1cc2c(C(=N)N)cnc(C(=O)c3ccc(N(C)C)c4ccccc34)c2cc1OC. The van der Waals surface area contributed by atoms with Crippen LogP contribution in [0.5, 0.6) is 11.5 Å². The zero-order valence-corrected chi connectivity index (χ0v) is 18.4. The Morgan fingerprint density at radius 3 is 2.12 bits per heavy atom. The highest BCUT2D eigenvalue weighted by atomic mass is 16.5. The summed E-state index contributed by atoms with van der Waals surface area (Å²) in [5.74, 6) is 0.575. The number of methoxy groups -OCH3 is 2. The van der Waals surface area contributed by atoms with Crippen LogP contribution in [0.15, 0.2) is 54.7 Å². The molecular weight excluding hydrogens is 404 g/mol. The van der Waals surface area contributed by atoms with Crippen molar-refractivity contribution in [3.63, 3.8) is 0 Å². The van der Waals surface area contributed by atoms with Crippen molar-refractivity contribution in [3.8, 4) is 11.5 Å². The Morgan fingerprint density at radius 1 is 0.906 bits per heavy atom.